The van der Waals surface area contributed by atoms with E-state index >= 15 is 0 Å². The first-order valence-corrected chi connectivity index (χ1v) is 7.07. The molecule has 21 heavy (non-hydrogen) atoms. The van der Waals surface area contributed by atoms with Gasteiger partial charge in [0.2, 0.25) is 0 Å². The monoisotopic (exact) mass is 292 g/mol. The molecule has 1 N–H and O–H groups in total. The van der Waals surface area contributed by atoms with Crippen LogP contribution in [-0.4, -0.2) is 29.1 Å². The Morgan fingerprint density at radius 1 is 1.33 bits per heavy atom. The molecular formula is C15H20N2O4. The molecule has 6 heteroatoms. The molecule has 0 aliphatic carbocycles. The standard InChI is InChI=1S/C15H20N2O4/c1-15(2)7-4-9-16(10-8-15)13-11(14(18)19)5-3-6-12(13)17(20)21/h3,5-6H,4,7-10H2,1-2H3,(H,18,19). The number of carbonyl (C=O) groups is 1. The zero-order chi connectivity index (χ0) is 15.6. The largest absolute Gasteiger partial charge is 0.478 e. The van der Waals surface area contributed by atoms with Gasteiger partial charge in [0.1, 0.15) is 5.69 Å². The van der Waals surface area contributed by atoms with E-state index in [9.17, 15) is 20.0 Å². The van der Waals surface area contributed by atoms with E-state index < -0.39 is 10.9 Å². The van der Waals surface area contributed by atoms with E-state index in [1.165, 1.54) is 18.2 Å². The zero-order valence-corrected chi connectivity index (χ0v) is 12.3. The Kier molecular flexibility index (Phi) is 4.16. The smallest absolute Gasteiger partial charge is 0.338 e. The first kappa shape index (κ1) is 15.3. The van der Waals surface area contributed by atoms with E-state index in [0.29, 0.717) is 13.1 Å². The van der Waals surface area contributed by atoms with Gasteiger partial charge in [-0.3, -0.25) is 10.1 Å². The van der Waals surface area contributed by atoms with Crippen molar-refractivity contribution in [3.05, 3.63) is 33.9 Å². The molecule has 0 amide bonds. The Balaban J connectivity index is 2.46. The van der Waals surface area contributed by atoms with Crippen molar-refractivity contribution >= 4 is 17.3 Å². The van der Waals surface area contributed by atoms with Gasteiger partial charge in [0.15, 0.2) is 0 Å². The average Bonchev–Trinajstić information content (AvgIpc) is 2.58. The third kappa shape index (κ3) is 3.32. The second-order valence-corrected chi connectivity index (χ2v) is 6.24. The fourth-order valence-electron chi connectivity index (χ4n) is 2.83. The molecule has 0 bridgehead atoms. The first-order chi connectivity index (χ1) is 9.82. The summed E-state index contributed by atoms with van der Waals surface area (Å²) in [5, 5.41) is 20.6. The lowest BCUT2D eigenvalue weighted by Gasteiger charge is -2.25. The number of nitrogens with zero attached hydrogens (tertiary/aromatic N) is 2. The van der Waals surface area contributed by atoms with Crippen LogP contribution in [0.2, 0.25) is 0 Å². The number of hydrogen-bond donors (Lipinski definition) is 1. The van der Waals surface area contributed by atoms with E-state index in [1.54, 1.807) is 0 Å². The van der Waals surface area contributed by atoms with Gasteiger partial charge in [0.05, 0.1) is 10.5 Å². The quantitative estimate of drug-likeness (QED) is 0.682. The SMILES string of the molecule is CC1(C)CCCN(c2c(C(=O)O)cccc2[N+](=O)[O-])CC1. The minimum Gasteiger partial charge on any atom is -0.478 e. The molecule has 1 heterocycles. The summed E-state index contributed by atoms with van der Waals surface area (Å²) < 4.78 is 0. The number of nitro benzene ring substituents is 1. The van der Waals surface area contributed by atoms with Gasteiger partial charge in [-0.15, -0.1) is 0 Å². The van der Waals surface area contributed by atoms with Crippen molar-refractivity contribution in [2.75, 3.05) is 18.0 Å². The first-order valence-electron chi connectivity index (χ1n) is 7.07. The van der Waals surface area contributed by atoms with Crippen LogP contribution in [0.5, 0.6) is 0 Å². The van der Waals surface area contributed by atoms with Gasteiger partial charge in [-0.2, -0.15) is 0 Å². The number of carboxylic acid groups (broad SMARTS) is 1. The maximum absolute atomic E-state index is 11.4. The zero-order valence-electron chi connectivity index (χ0n) is 12.3. The highest BCUT2D eigenvalue weighted by Crippen LogP contribution is 2.37. The summed E-state index contributed by atoms with van der Waals surface area (Å²) in [4.78, 5) is 24.0. The van der Waals surface area contributed by atoms with E-state index in [2.05, 4.69) is 13.8 Å². The van der Waals surface area contributed by atoms with Crippen molar-refractivity contribution in [2.24, 2.45) is 5.41 Å². The second kappa shape index (κ2) is 5.71. The number of nitro groups is 1. The summed E-state index contributed by atoms with van der Waals surface area (Å²) in [5.74, 6) is -1.13. The predicted molar refractivity (Wildman–Crippen MR) is 79.9 cm³/mol. The van der Waals surface area contributed by atoms with Crippen molar-refractivity contribution in [3.63, 3.8) is 0 Å². The van der Waals surface area contributed by atoms with Gasteiger partial charge in [-0.25, -0.2) is 4.79 Å². The van der Waals surface area contributed by atoms with E-state index in [0.717, 1.165) is 19.3 Å². The van der Waals surface area contributed by atoms with Crippen LogP contribution in [0.15, 0.2) is 18.2 Å². The van der Waals surface area contributed by atoms with Crippen molar-refractivity contribution in [2.45, 2.75) is 33.1 Å². The molecule has 1 saturated heterocycles. The van der Waals surface area contributed by atoms with Gasteiger partial charge in [-0.1, -0.05) is 19.9 Å². The Labute approximate surface area is 123 Å². The molecule has 1 aromatic carbocycles. The Bertz CT molecular complexity index is 537. The van der Waals surface area contributed by atoms with Gasteiger partial charge in [-0.05, 0) is 30.7 Å². The van der Waals surface area contributed by atoms with E-state index in [1.807, 2.05) is 4.90 Å². The molecule has 2 rings (SSSR count). The lowest BCUT2D eigenvalue weighted by molar-refractivity contribution is -0.384. The number of para-hydroxylation sites is 1. The number of rotatable bonds is 3. The van der Waals surface area contributed by atoms with E-state index in [4.69, 9.17) is 0 Å². The Hall–Kier alpha value is -2.11. The number of hydrogen-bond acceptors (Lipinski definition) is 4. The Morgan fingerprint density at radius 3 is 2.67 bits per heavy atom. The molecule has 1 aromatic rings. The van der Waals surface area contributed by atoms with Crippen molar-refractivity contribution in [3.8, 4) is 0 Å². The highest BCUT2D eigenvalue weighted by molar-refractivity contribution is 5.97. The Morgan fingerprint density at radius 2 is 2.05 bits per heavy atom. The van der Waals surface area contributed by atoms with Crippen LogP contribution < -0.4 is 4.90 Å². The van der Waals surface area contributed by atoms with Gasteiger partial charge in [0, 0.05) is 19.2 Å². The summed E-state index contributed by atoms with van der Waals surface area (Å²) in [6.45, 7) is 5.63. The molecule has 1 aliphatic heterocycles. The molecule has 114 valence electrons. The number of benzene rings is 1. The summed E-state index contributed by atoms with van der Waals surface area (Å²) in [6, 6.07) is 4.23. The number of anilines is 1. The molecule has 0 radical (unpaired) electrons. The third-order valence-corrected chi connectivity index (χ3v) is 4.10. The van der Waals surface area contributed by atoms with Crippen molar-refractivity contribution in [1.82, 2.24) is 0 Å². The fraction of sp³-hybridized carbons (Fsp3) is 0.533. The van der Waals surface area contributed by atoms with Crippen LogP contribution in [0, 0.1) is 15.5 Å². The summed E-state index contributed by atoms with van der Waals surface area (Å²) in [7, 11) is 0. The van der Waals surface area contributed by atoms with Crippen molar-refractivity contribution in [1.29, 1.82) is 0 Å². The molecule has 6 nitrogen and oxygen atoms in total. The molecule has 0 spiro atoms. The normalized spacial score (nSPS) is 18.1. The number of carboxylic acids is 1. The third-order valence-electron chi connectivity index (χ3n) is 4.10. The second-order valence-electron chi connectivity index (χ2n) is 6.24. The van der Waals surface area contributed by atoms with Gasteiger partial charge >= 0.3 is 5.97 Å². The van der Waals surface area contributed by atoms with Crippen LogP contribution in [0.4, 0.5) is 11.4 Å². The highest BCUT2D eigenvalue weighted by atomic mass is 16.6. The highest BCUT2D eigenvalue weighted by Gasteiger charge is 2.30. The van der Waals surface area contributed by atoms with Crippen LogP contribution in [0.25, 0.3) is 0 Å². The minimum absolute atomic E-state index is 0.00362. The van der Waals surface area contributed by atoms with Crippen LogP contribution in [-0.2, 0) is 0 Å². The van der Waals surface area contributed by atoms with Crippen LogP contribution >= 0.6 is 0 Å². The molecule has 1 aliphatic rings. The van der Waals surface area contributed by atoms with Crippen LogP contribution in [0.1, 0.15) is 43.5 Å². The van der Waals surface area contributed by atoms with Gasteiger partial charge in [0.25, 0.3) is 5.69 Å². The molecular weight excluding hydrogens is 272 g/mol. The lowest BCUT2D eigenvalue weighted by Crippen LogP contribution is -2.27. The maximum atomic E-state index is 11.4. The summed E-state index contributed by atoms with van der Waals surface area (Å²) in [5.41, 5.74) is 0.299. The molecule has 0 atom stereocenters. The fourth-order valence-corrected chi connectivity index (χ4v) is 2.83. The summed E-state index contributed by atoms with van der Waals surface area (Å²) in [6.07, 6.45) is 2.82. The predicted octanol–water partition coefficient (Wildman–Crippen LogP) is 3.31. The molecule has 0 unspecified atom stereocenters. The van der Waals surface area contributed by atoms with Crippen molar-refractivity contribution < 1.29 is 14.8 Å². The van der Waals surface area contributed by atoms with E-state index in [-0.39, 0.29) is 22.4 Å². The van der Waals surface area contributed by atoms with Gasteiger partial charge < -0.3 is 10.0 Å². The number of aromatic carboxylic acids is 1. The topological polar surface area (TPSA) is 83.7 Å². The van der Waals surface area contributed by atoms with Crippen LogP contribution in [0.3, 0.4) is 0 Å². The average molecular weight is 292 g/mol. The maximum Gasteiger partial charge on any atom is 0.338 e. The molecule has 0 aromatic heterocycles. The molecule has 0 saturated carbocycles. The molecule has 1 fully saturated rings. The lowest BCUT2D eigenvalue weighted by atomic mass is 9.85. The summed E-state index contributed by atoms with van der Waals surface area (Å²) >= 11 is 0. The minimum atomic E-state index is -1.13.